The molecule has 0 unspecified atom stereocenters. The van der Waals surface area contributed by atoms with Crippen molar-refractivity contribution < 1.29 is 18.7 Å². The second-order valence-electron chi connectivity index (χ2n) is 3.45. The summed E-state index contributed by atoms with van der Waals surface area (Å²) in [5.41, 5.74) is 0. The van der Waals surface area contributed by atoms with Gasteiger partial charge in [0.2, 0.25) is 5.89 Å². The van der Waals surface area contributed by atoms with Crippen LogP contribution in [0.2, 0.25) is 0 Å². The van der Waals surface area contributed by atoms with Crippen molar-refractivity contribution in [3.63, 3.8) is 0 Å². The molecule has 0 saturated carbocycles. The molecule has 0 aliphatic heterocycles. The molecule has 18 heavy (non-hydrogen) atoms. The molecule has 7 heteroatoms. The van der Waals surface area contributed by atoms with Gasteiger partial charge in [0.05, 0.1) is 0 Å². The van der Waals surface area contributed by atoms with Crippen LogP contribution in [-0.4, -0.2) is 21.3 Å². The fourth-order valence-corrected chi connectivity index (χ4v) is 1.90. The number of carboxylic acid groups (broad SMARTS) is 1. The van der Waals surface area contributed by atoms with E-state index in [1.807, 2.05) is 0 Å². The first kappa shape index (κ1) is 12.4. The van der Waals surface area contributed by atoms with Crippen molar-refractivity contribution in [3.8, 4) is 0 Å². The van der Waals surface area contributed by atoms with Crippen LogP contribution in [0.3, 0.4) is 0 Å². The summed E-state index contributed by atoms with van der Waals surface area (Å²) in [7, 11) is 0. The quantitative estimate of drug-likeness (QED) is 0.671. The topological polar surface area (TPSA) is 89.4 Å². The number of aryl methyl sites for hydroxylation is 2. The molecule has 0 fully saturated rings. The Hall–Kier alpha value is -2.02. The van der Waals surface area contributed by atoms with Crippen molar-refractivity contribution in [1.82, 2.24) is 10.2 Å². The first-order chi connectivity index (χ1) is 8.54. The standard InChI is InChI=1S/C11H10N2O4S/c1-6-3-4-8(16-6)5-9(10(14)15)18-11-13-12-7(2)17-11/h3-5H,1-2H3,(H,14,15)/b9-5-. The second-order valence-corrected chi connectivity index (χ2v) is 4.44. The van der Waals surface area contributed by atoms with E-state index in [-0.39, 0.29) is 10.1 Å². The zero-order valence-electron chi connectivity index (χ0n) is 9.71. The van der Waals surface area contributed by atoms with Gasteiger partial charge in [0.15, 0.2) is 0 Å². The fraction of sp³-hybridized carbons (Fsp3) is 0.182. The maximum Gasteiger partial charge on any atom is 0.342 e. The molecule has 1 N–H and O–H groups in total. The normalized spacial score (nSPS) is 11.8. The van der Waals surface area contributed by atoms with Crippen LogP contribution in [0.15, 0.2) is 31.1 Å². The average Bonchev–Trinajstić information content (AvgIpc) is 2.87. The third kappa shape index (κ3) is 3.01. The fourth-order valence-electron chi connectivity index (χ4n) is 1.21. The first-order valence-corrected chi connectivity index (χ1v) is 5.85. The molecule has 0 aliphatic rings. The van der Waals surface area contributed by atoms with E-state index >= 15 is 0 Å². The average molecular weight is 266 g/mol. The zero-order valence-corrected chi connectivity index (χ0v) is 10.5. The Bertz CT molecular complexity index is 600. The minimum absolute atomic E-state index is 0.0491. The molecule has 0 aliphatic carbocycles. The number of furan rings is 1. The molecule has 0 spiro atoms. The number of rotatable bonds is 4. The molecule has 2 heterocycles. The summed E-state index contributed by atoms with van der Waals surface area (Å²) in [5, 5.41) is 16.6. The third-order valence-electron chi connectivity index (χ3n) is 1.95. The zero-order chi connectivity index (χ0) is 13.1. The van der Waals surface area contributed by atoms with Gasteiger partial charge in [0, 0.05) is 13.0 Å². The van der Waals surface area contributed by atoms with Crippen molar-refractivity contribution in [2.24, 2.45) is 0 Å². The maximum absolute atomic E-state index is 11.1. The molecule has 2 aromatic heterocycles. The van der Waals surface area contributed by atoms with E-state index in [1.54, 1.807) is 26.0 Å². The van der Waals surface area contributed by atoms with Crippen LogP contribution in [-0.2, 0) is 4.79 Å². The third-order valence-corrected chi connectivity index (χ3v) is 2.80. The molecule has 6 nitrogen and oxygen atoms in total. The monoisotopic (exact) mass is 266 g/mol. The van der Waals surface area contributed by atoms with Crippen molar-refractivity contribution in [1.29, 1.82) is 0 Å². The van der Waals surface area contributed by atoms with Gasteiger partial charge in [-0.1, -0.05) is 0 Å². The minimum atomic E-state index is -1.08. The molecule has 0 saturated heterocycles. The smallest absolute Gasteiger partial charge is 0.342 e. The molecule has 0 radical (unpaired) electrons. The highest BCUT2D eigenvalue weighted by atomic mass is 32.2. The van der Waals surface area contributed by atoms with Gasteiger partial charge < -0.3 is 13.9 Å². The summed E-state index contributed by atoms with van der Waals surface area (Å²) in [6, 6.07) is 3.45. The van der Waals surface area contributed by atoms with Crippen LogP contribution in [0.5, 0.6) is 0 Å². The Morgan fingerprint density at radius 3 is 2.61 bits per heavy atom. The Kier molecular flexibility index (Phi) is 3.52. The molecule has 0 amide bonds. The largest absolute Gasteiger partial charge is 0.477 e. The summed E-state index contributed by atoms with van der Waals surface area (Å²) in [5.74, 6) is 0.485. The molecular formula is C11H10N2O4S. The number of thioether (sulfide) groups is 1. The van der Waals surface area contributed by atoms with Gasteiger partial charge in [-0.3, -0.25) is 0 Å². The van der Waals surface area contributed by atoms with E-state index in [0.717, 1.165) is 11.8 Å². The summed E-state index contributed by atoms with van der Waals surface area (Å²) in [6.45, 7) is 3.42. The Morgan fingerprint density at radius 2 is 2.11 bits per heavy atom. The number of aliphatic carboxylic acids is 1. The lowest BCUT2D eigenvalue weighted by Gasteiger charge is -1.96. The van der Waals surface area contributed by atoms with Gasteiger partial charge in [-0.05, 0) is 30.8 Å². The second kappa shape index (κ2) is 5.09. The van der Waals surface area contributed by atoms with E-state index in [4.69, 9.17) is 13.9 Å². The number of hydrogen-bond acceptors (Lipinski definition) is 6. The van der Waals surface area contributed by atoms with Gasteiger partial charge in [-0.15, -0.1) is 10.2 Å². The number of hydrogen-bond donors (Lipinski definition) is 1. The Morgan fingerprint density at radius 1 is 1.33 bits per heavy atom. The predicted molar refractivity (Wildman–Crippen MR) is 63.9 cm³/mol. The van der Waals surface area contributed by atoms with Crippen molar-refractivity contribution in [2.75, 3.05) is 0 Å². The molecular weight excluding hydrogens is 256 g/mol. The van der Waals surface area contributed by atoms with Crippen LogP contribution in [0.4, 0.5) is 0 Å². The Labute approximate surface area is 107 Å². The number of carbonyl (C=O) groups is 1. The minimum Gasteiger partial charge on any atom is -0.477 e. The van der Waals surface area contributed by atoms with Crippen molar-refractivity contribution in [2.45, 2.75) is 19.1 Å². The van der Waals surface area contributed by atoms with Crippen LogP contribution in [0.1, 0.15) is 17.4 Å². The summed E-state index contributed by atoms with van der Waals surface area (Å²) in [6.07, 6.45) is 1.42. The van der Waals surface area contributed by atoms with Crippen LogP contribution in [0.25, 0.3) is 6.08 Å². The number of aromatic nitrogens is 2. The summed E-state index contributed by atoms with van der Waals surface area (Å²) < 4.78 is 10.4. The highest BCUT2D eigenvalue weighted by Gasteiger charge is 2.14. The molecule has 0 bridgehead atoms. The van der Waals surface area contributed by atoms with E-state index in [9.17, 15) is 4.79 Å². The van der Waals surface area contributed by atoms with Crippen LogP contribution < -0.4 is 0 Å². The summed E-state index contributed by atoms with van der Waals surface area (Å²) in [4.78, 5) is 11.2. The SMILES string of the molecule is Cc1ccc(/C=C(\Sc2nnc(C)o2)C(=O)O)o1. The molecule has 2 rings (SSSR count). The highest BCUT2D eigenvalue weighted by molar-refractivity contribution is 8.03. The number of nitrogens with zero attached hydrogens (tertiary/aromatic N) is 2. The van der Waals surface area contributed by atoms with E-state index in [0.29, 0.717) is 17.4 Å². The van der Waals surface area contributed by atoms with Gasteiger partial charge in [-0.2, -0.15) is 0 Å². The lowest BCUT2D eigenvalue weighted by atomic mass is 10.4. The first-order valence-electron chi connectivity index (χ1n) is 5.04. The maximum atomic E-state index is 11.1. The van der Waals surface area contributed by atoms with E-state index < -0.39 is 5.97 Å². The lowest BCUT2D eigenvalue weighted by molar-refractivity contribution is -0.131. The van der Waals surface area contributed by atoms with E-state index in [1.165, 1.54) is 6.08 Å². The van der Waals surface area contributed by atoms with Crippen LogP contribution in [0, 0.1) is 13.8 Å². The molecule has 94 valence electrons. The van der Waals surface area contributed by atoms with Gasteiger partial charge in [-0.25, -0.2) is 4.79 Å². The predicted octanol–water partition coefficient (Wildman–Crippen LogP) is 2.50. The molecule has 0 atom stereocenters. The Balaban J connectivity index is 2.23. The van der Waals surface area contributed by atoms with E-state index in [2.05, 4.69) is 10.2 Å². The highest BCUT2D eigenvalue weighted by Crippen LogP contribution is 2.27. The van der Waals surface area contributed by atoms with Gasteiger partial charge >= 0.3 is 5.97 Å². The van der Waals surface area contributed by atoms with Gasteiger partial charge in [0.25, 0.3) is 5.22 Å². The van der Waals surface area contributed by atoms with Crippen molar-refractivity contribution in [3.05, 3.63) is 34.4 Å². The number of carboxylic acids is 1. The van der Waals surface area contributed by atoms with Crippen LogP contribution >= 0.6 is 11.8 Å². The molecule has 0 aromatic carbocycles. The lowest BCUT2D eigenvalue weighted by Crippen LogP contribution is -1.96. The summed E-state index contributed by atoms with van der Waals surface area (Å²) >= 11 is 0.883. The van der Waals surface area contributed by atoms with Gasteiger partial charge in [0.1, 0.15) is 16.4 Å². The molecule has 2 aromatic rings. The van der Waals surface area contributed by atoms with Crippen molar-refractivity contribution >= 4 is 23.8 Å².